The first-order valence-corrected chi connectivity index (χ1v) is 8.42. The Bertz CT molecular complexity index is 593. The minimum atomic E-state index is -0.581. The molecule has 0 aliphatic carbocycles. The van der Waals surface area contributed by atoms with Crippen molar-refractivity contribution in [1.29, 1.82) is 0 Å². The molecule has 1 aromatic rings. The molecule has 1 fully saturated rings. The smallest absolute Gasteiger partial charge is 0.311 e. The Morgan fingerprint density at radius 1 is 1.21 bits per heavy atom. The monoisotopic (exact) mass is 332 g/mol. The van der Waals surface area contributed by atoms with E-state index in [4.69, 9.17) is 4.74 Å². The second-order valence-electron chi connectivity index (χ2n) is 7.24. The Labute approximate surface area is 144 Å². The van der Waals surface area contributed by atoms with Gasteiger partial charge in [-0.05, 0) is 56.9 Å². The van der Waals surface area contributed by atoms with E-state index in [1.807, 2.05) is 62.0 Å². The average Bonchev–Trinajstić information content (AvgIpc) is 2.60. The molecule has 1 heterocycles. The highest BCUT2D eigenvalue weighted by Crippen LogP contribution is 2.35. The number of methoxy groups -OCH3 is 1. The van der Waals surface area contributed by atoms with Gasteiger partial charge in [-0.25, -0.2) is 0 Å². The van der Waals surface area contributed by atoms with Crippen LogP contribution in [-0.2, 0) is 9.53 Å². The number of anilines is 1. The molecule has 1 aromatic carbocycles. The first kappa shape index (κ1) is 18.3. The van der Waals surface area contributed by atoms with Crippen molar-refractivity contribution in [2.75, 3.05) is 39.2 Å². The molecule has 132 valence electrons. The van der Waals surface area contributed by atoms with Gasteiger partial charge >= 0.3 is 5.97 Å². The molecule has 1 amide bonds. The number of carbonyl (C=O) groups excluding carboxylic acids is 2. The Morgan fingerprint density at radius 2 is 1.83 bits per heavy atom. The molecule has 1 atom stereocenters. The summed E-state index contributed by atoms with van der Waals surface area (Å²) in [5, 5.41) is 0. The predicted molar refractivity (Wildman–Crippen MR) is 95.2 cm³/mol. The summed E-state index contributed by atoms with van der Waals surface area (Å²) in [5.74, 6) is -0.0634. The van der Waals surface area contributed by atoms with Gasteiger partial charge in [0.1, 0.15) is 0 Å². The molecule has 1 aliphatic heterocycles. The van der Waals surface area contributed by atoms with E-state index < -0.39 is 5.41 Å². The molecule has 2 rings (SSSR count). The van der Waals surface area contributed by atoms with Crippen LogP contribution < -0.4 is 4.90 Å². The van der Waals surface area contributed by atoms with E-state index in [1.54, 1.807) is 0 Å². The SMILES string of the molecule is COC(=O)C(C)(C)[C@H]1CCCN(C(=O)c2ccc(N(C)C)cc2)C1. The van der Waals surface area contributed by atoms with Crippen molar-refractivity contribution < 1.29 is 14.3 Å². The lowest BCUT2D eigenvalue weighted by atomic mass is 9.74. The number of ether oxygens (including phenoxy) is 1. The van der Waals surface area contributed by atoms with E-state index in [2.05, 4.69) is 0 Å². The Hall–Kier alpha value is -2.04. The van der Waals surface area contributed by atoms with Gasteiger partial charge in [0.25, 0.3) is 5.91 Å². The lowest BCUT2D eigenvalue weighted by Crippen LogP contribution is -2.47. The predicted octanol–water partition coefficient (Wildman–Crippen LogP) is 2.80. The highest BCUT2D eigenvalue weighted by Gasteiger charge is 2.40. The number of rotatable bonds is 4. The topological polar surface area (TPSA) is 49.9 Å². The molecule has 0 unspecified atom stereocenters. The molecular formula is C19H28N2O3. The maximum absolute atomic E-state index is 12.8. The zero-order chi connectivity index (χ0) is 17.9. The van der Waals surface area contributed by atoms with Crippen molar-refractivity contribution in [3.05, 3.63) is 29.8 Å². The number of amides is 1. The molecule has 1 saturated heterocycles. The molecule has 0 aromatic heterocycles. The van der Waals surface area contributed by atoms with E-state index in [0.717, 1.165) is 25.1 Å². The van der Waals surface area contributed by atoms with Gasteiger partial charge in [0.05, 0.1) is 12.5 Å². The van der Waals surface area contributed by atoms with Gasteiger partial charge in [0, 0.05) is 38.4 Å². The number of likely N-dealkylation sites (tertiary alicyclic amines) is 1. The lowest BCUT2D eigenvalue weighted by Gasteiger charge is -2.39. The van der Waals surface area contributed by atoms with Crippen molar-refractivity contribution in [3.63, 3.8) is 0 Å². The first-order chi connectivity index (χ1) is 11.3. The number of piperidine rings is 1. The second kappa shape index (κ2) is 7.24. The number of benzene rings is 1. The first-order valence-electron chi connectivity index (χ1n) is 8.42. The van der Waals surface area contributed by atoms with E-state index in [0.29, 0.717) is 12.1 Å². The molecule has 0 saturated carbocycles. The van der Waals surface area contributed by atoms with E-state index in [9.17, 15) is 9.59 Å². The van der Waals surface area contributed by atoms with Crippen molar-refractivity contribution in [1.82, 2.24) is 4.90 Å². The van der Waals surface area contributed by atoms with Crippen molar-refractivity contribution in [2.45, 2.75) is 26.7 Å². The van der Waals surface area contributed by atoms with Crippen molar-refractivity contribution >= 4 is 17.6 Å². The van der Waals surface area contributed by atoms with Crippen LogP contribution in [0.1, 0.15) is 37.0 Å². The standard InChI is InChI=1S/C19H28N2O3/c1-19(2,18(23)24-5)15-7-6-12-21(13-15)17(22)14-8-10-16(11-9-14)20(3)4/h8-11,15H,6-7,12-13H2,1-5H3/t15-/m0/s1. The van der Waals surface area contributed by atoms with Crippen LogP contribution in [0.2, 0.25) is 0 Å². The van der Waals surface area contributed by atoms with Crippen LogP contribution >= 0.6 is 0 Å². The maximum atomic E-state index is 12.8. The van der Waals surface area contributed by atoms with Crippen LogP contribution in [-0.4, -0.2) is 51.1 Å². The minimum absolute atomic E-state index is 0.0330. The summed E-state index contributed by atoms with van der Waals surface area (Å²) in [5.41, 5.74) is 1.18. The molecular weight excluding hydrogens is 304 g/mol. The summed E-state index contributed by atoms with van der Waals surface area (Å²) in [4.78, 5) is 28.7. The normalized spacial score (nSPS) is 18.2. The fourth-order valence-corrected chi connectivity index (χ4v) is 3.27. The van der Waals surface area contributed by atoms with Gasteiger partial charge in [0.2, 0.25) is 0 Å². The zero-order valence-electron chi connectivity index (χ0n) is 15.3. The lowest BCUT2D eigenvalue weighted by molar-refractivity contribution is -0.155. The summed E-state index contributed by atoms with van der Waals surface area (Å²) in [6, 6.07) is 7.64. The fraction of sp³-hybridized carbons (Fsp3) is 0.579. The summed E-state index contributed by atoms with van der Waals surface area (Å²) < 4.78 is 4.94. The van der Waals surface area contributed by atoms with Crippen LogP contribution in [0.15, 0.2) is 24.3 Å². The number of esters is 1. The van der Waals surface area contributed by atoms with Gasteiger partial charge in [-0.15, -0.1) is 0 Å². The largest absolute Gasteiger partial charge is 0.469 e. The van der Waals surface area contributed by atoms with Crippen LogP contribution in [0.5, 0.6) is 0 Å². The van der Waals surface area contributed by atoms with Gasteiger partial charge in [0.15, 0.2) is 0 Å². The van der Waals surface area contributed by atoms with Gasteiger partial charge in [-0.1, -0.05) is 0 Å². The molecule has 5 heteroatoms. The maximum Gasteiger partial charge on any atom is 0.311 e. The Kier molecular flexibility index (Phi) is 5.52. The summed E-state index contributed by atoms with van der Waals surface area (Å²) in [6.07, 6.45) is 1.85. The molecule has 24 heavy (non-hydrogen) atoms. The minimum Gasteiger partial charge on any atom is -0.469 e. The van der Waals surface area contributed by atoms with Gasteiger partial charge < -0.3 is 14.5 Å². The van der Waals surface area contributed by atoms with E-state index in [-0.39, 0.29) is 17.8 Å². The van der Waals surface area contributed by atoms with E-state index >= 15 is 0 Å². The summed E-state index contributed by atoms with van der Waals surface area (Å²) >= 11 is 0. The molecule has 0 spiro atoms. The van der Waals surface area contributed by atoms with E-state index in [1.165, 1.54) is 7.11 Å². The summed E-state index contributed by atoms with van der Waals surface area (Å²) in [7, 11) is 5.37. The third-order valence-electron chi connectivity index (χ3n) is 5.07. The van der Waals surface area contributed by atoms with Crippen LogP contribution in [0.3, 0.4) is 0 Å². The zero-order valence-corrected chi connectivity index (χ0v) is 15.3. The molecule has 0 N–H and O–H groups in total. The molecule has 1 aliphatic rings. The quantitative estimate of drug-likeness (QED) is 0.796. The third-order valence-corrected chi connectivity index (χ3v) is 5.07. The van der Waals surface area contributed by atoms with Crippen molar-refractivity contribution in [3.8, 4) is 0 Å². The summed E-state index contributed by atoms with van der Waals surface area (Å²) in [6.45, 7) is 5.14. The number of carbonyl (C=O) groups is 2. The average molecular weight is 332 g/mol. The Balaban J connectivity index is 2.11. The number of nitrogens with zero attached hydrogens (tertiary/aromatic N) is 2. The number of hydrogen-bond acceptors (Lipinski definition) is 4. The molecule has 0 bridgehead atoms. The molecule has 0 radical (unpaired) electrons. The Morgan fingerprint density at radius 3 is 2.38 bits per heavy atom. The van der Waals surface area contributed by atoms with Gasteiger partial charge in [-0.2, -0.15) is 0 Å². The van der Waals surface area contributed by atoms with Crippen molar-refractivity contribution in [2.24, 2.45) is 11.3 Å². The second-order valence-corrected chi connectivity index (χ2v) is 7.24. The number of hydrogen-bond donors (Lipinski definition) is 0. The van der Waals surface area contributed by atoms with Crippen LogP contribution in [0.25, 0.3) is 0 Å². The third kappa shape index (κ3) is 3.71. The highest BCUT2D eigenvalue weighted by molar-refractivity contribution is 5.94. The van der Waals surface area contributed by atoms with Crippen LogP contribution in [0.4, 0.5) is 5.69 Å². The fourth-order valence-electron chi connectivity index (χ4n) is 3.27. The highest BCUT2D eigenvalue weighted by atomic mass is 16.5. The van der Waals surface area contributed by atoms with Gasteiger partial charge in [-0.3, -0.25) is 9.59 Å². The molecule has 5 nitrogen and oxygen atoms in total. The van der Waals surface area contributed by atoms with Crippen LogP contribution in [0, 0.1) is 11.3 Å².